The van der Waals surface area contributed by atoms with Crippen LogP contribution in [0.3, 0.4) is 0 Å². The molecule has 0 unspecified atom stereocenters. The van der Waals surface area contributed by atoms with Gasteiger partial charge in [-0.2, -0.15) is 4.98 Å². The number of halogens is 4. The molecule has 16 heavy (non-hydrogen) atoms. The lowest BCUT2D eigenvalue weighted by Gasteiger charge is -2.05. The third-order valence-corrected chi connectivity index (χ3v) is 4.07. The molecular formula is C9H3BrCl3NOS. The number of benzene rings is 1. The molecule has 0 aliphatic carbocycles. The Morgan fingerprint density at radius 1 is 1.12 bits per heavy atom. The second-order valence-electron chi connectivity index (χ2n) is 2.73. The van der Waals surface area contributed by atoms with E-state index in [2.05, 4.69) is 20.9 Å². The van der Waals surface area contributed by atoms with Crippen molar-refractivity contribution in [3.05, 3.63) is 37.2 Å². The van der Waals surface area contributed by atoms with Crippen LogP contribution < -0.4 is 4.74 Å². The van der Waals surface area contributed by atoms with Gasteiger partial charge in [0.25, 0.3) is 5.19 Å². The lowest BCUT2D eigenvalue weighted by molar-refractivity contribution is 0.478. The number of ether oxygens (including phenoxy) is 1. The minimum atomic E-state index is 0.386. The number of nitrogens with zero attached hydrogens (tertiary/aromatic N) is 1. The number of aromatic nitrogens is 1. The summed E-state index contributed by atoms with van der Waals surface area (Å²) in [6.07, 6.45) is 0. The average Bonchev–Trinajstić information content (AvgIpc) is 2.60. The maximum atomic E-state index is 5.96. The highest BCUT2D eigenvalue weighted by Crippen LogP contribution is 2.37. The van der Waals surface area contributed by atoms with Crippen molar-refractivity contribution in [1.29, 1.82) is 0 Å². The van der Waals surface area contributed by atoms with Gasteiger partial charge in [-0.15, -0.1) is 0 Å². The van der Waals surface area contributed by atoms with Gasteiger partial charge < -0.3 is 4.74 Å². The Labute approximate surface area is 119 Å². The summed E-state index contributed by atoms with van der Waals surface area (Å²) in [5.74, 6) is 0.429. The lowest BCUT2D eigenvalue weighted by Crippen LogP contribution is -1.85. The van der Waals surface area contributed by atoms with Crippen molar-refractivity contribution in [1.82, 2.24) is 4.98 Å². The maximum Gasteiger partial charge on any atom is 0.279 e. The van der Waals surface area contributed by atoms with Crippen molar-refractivity contribution >= 4 is 62.1 Å². The highest BCUT2D eigenvalue weighted by Gasteiger charge is 2.10. The van der Waals surface area contributed by atoms with Crippen molar-refractivity contribution in [2.24, 2.45) is 0 Å². The zero-order valence-electron chi connectivity index (χ0n) is 7.51. The minimum absolute atomic E-state index is 0.386. The molecule has 1 aromatic carbocycles. The molecule has 7 heteroatoms. The van der Waals surface area contributed by atoms with E-state index in [0.717, 1.165) is 0 Å². The zero-order valence-corrected chi connectivity index (χ0v) is 12.2. The van der Waals surface area contributed by atoms with Crippen LogP contribution in [0.5, 0.6) is 10.9 Å². The highest BCUT2D eigenvalue weighted by molar-refractivity contribution is 9.10. The van der Waals surface area contributed by atoms with E-state index in [1.165, 1.54) is 17.4 Å². The molecule has 0 radical (unpaired) electrons. The molecule has 0 aliphatic heterocycles. The minimum Gasteiger partial charge on any atom is -0.429 e. The van der Waals surface area contributed by atoms with Gasteiger partial charge >= 0.3 is 0 Å². The summed E-state index contributed by atoms with van der Waals surface area (Å²) in [5, 5.41) is 3.45. The van der Waals surface area contributed by atoms with Gasteiger partial charge in [0, 0.05) is 11.4 Å². The molecule has 1 aromatic heterocycles. The van der Waals surface area contributed by atoms with Gasteiger partial charge in [-0.05, 0) is 22.0 Å². The first-order valence-corrected chi connectivity index (χ1v) is 6.80. The monoisotopic (exact) mass is 357 g/mol. The molecule has 0 saturated heterocycles. The van der Waals surface area contributed by atoms with Gasteiger partial charge in [0.2, 0.25) is 0 Å². The molecule has 0 saturated carbocycles. The van der Waals surface area contributed by atoms with Crippen molar-refractivity contribution in [3.8, 4) is 10.9 Å². The van der Waals surface area contributed by atoms with Gasteiger partial charge in [0.05, 0.1) is 15.1 Å². The molecule has 0 aliphatic rings. The second kappa shape index (κ2) is 5.10. The smallest absolute Gasteiger partial charge is 0.279 e. The Kier molecular flexibility index (Phi) is 3.97. The molecule has 0 N–H and O–H groups in total. The summed E-state index contributed by atoms with van der Waals surface area (Å²) < 4.78 is 6.18. The zero-order chi connectivity index (χ0) is 11.7. The maximum absolute atomic E-state index is 5.96. The predicted octanol–water partition coefficient (Wildman–Crippen LogP) is 5.66. The Balaban J connectivity index is 2.31. The van der Waals surface area contributed by atoms with Crippen LogP contribution in [0.4, 0.5) is 0 Å². The average molecular weight is 359 g/mol. The second-order valence-corrected chi connectivity index (χ2v) is 5.59. The van der Waals surface area contributed by atoms with Gasteiger partial charge in [0.1, 0.15) is 4.60 Å². The van der Waals surface area contributed by atoms with Crippen LogP contribution in [0, 0.1) is 0 Å². The first-order chi connectivity index (χ1) is 7.56. The van der Waals surface area contributed by atoms with Crippen LogP contribution in [0.15, 0.2) is 22.1 Å². The summed E-state index contributed by atoms with van der Waals surface area (Å²) in [7, 11) is 0. The quantitative estimate of drug-likeness (QED) is 0.646. The SMILES string of the molecule is Clc1cc(Cl)c(Oc2nc(Br)cs2)cc1Cl. The molecule has 0 amide bonds. The number of rotatable bonds is 2. The lowest BCUT2D eigenvalue weighted by atomic mass is 10.3. The van der Waals surface area contributed by atoms with E-state index >= 15 is 0 Å². The Morgan fingerprint density at radius 3 is 2.44 bits per heavy atom. The Morgan fingerprint density at radius 2 is 1.81 bits per heavy atom. The van der Waals surface area contributed by atoms with Crippen molar-refractivity contribution in [2.45, 2.75) is 0 Å². The number of hydrogen-bond acceptors (Lipinski definition) is 3. The Bertz CT molecular complexity index is 531. The van der Waals surface area contributed by atoms with Crippen LogP contribution in [-0.4, -0.2) is 4.98 Å². The molecule has 2 nitrogen and oxygen atoms in total. The fourth-order valence-corrected chi connectivity index (χ4v) is 2.64. The molecule has 2 rings (SSSR count). The van der Waals surface area contributed by atoms with E-state index in [1.54, 1.807) is 11.4 Å². The van der Waals surface area contributed by atoms with E-state index in [1.807, 2.05) is 0 Å². The van der Waals surface area contributed by atoms with E-state index in [4.69, 9.17) is 39.5 Å². The largest absolute Gasteiger partial charge is 0.429 e. The fourth-order valence-electron chi connectivity index (χ4n) is 0.962. The van der Waals surface area contributed by atoms with Crippen LogP contribution in [0.1, 0.15) is 0 Å². The first kappa shape index (κ1) is 12.5. The van der Waals surface area contributed by atoms with E-state index in [-0.39, 0.29) is 0 Å². The molecule has 84 valence electrons. The molecule has 0 fully saturated rings. The standard InChI is InChI=1S/C9H3BrCl3NOS/c10-8-3-16-9(14-8)15-7-2-5(12)4(11)1-6(7)13/h1-3H. The third kappa shape index (κ3) is 2.81. The van der Waals surface area contributed by atoms with Crippen LogP contribution in [-0.2, 0) is 0 Å². The van der Waals surface area contributed by atoms with Gasteiger partial charge in [0.15, 0.2) is 5.75 Å². The summed E-state index contributed by atoms with van der Waals surface area (Å²) in [4.78, 5) is 4.08. The summed E-state index contributed by atoms with van der Waals surface area (Å²) in [5.41, 5.74) is 0. The molecule has 0 spiro atoms. The topological polar surface area (TPSA) is 22.1 Å². The Hall–Kier alpha value is -0.000000000000000167. The van der Waals surface area contributed by atoms with Crippen molar-refractivity contribution in [3.63, 3.8) is 0 Å². The number of hydrogen-bond donors (Lipinski definition) is 0. The fraction of sp³-hybridized carbons (Fsp3) is 0. The van der Waals surface area contributed by atoms with E-state index < -0.39 is 0 Å². The van der Waals surface area contributed by atoms with Crippen molar-refractivity contribution < 1.29 is 4.74 Å². The molecular weight excluding hydrogens is 356 g/mol. The highest BCUT2D eigenvalue weighted by atomic mass is 79.9. The summed E-state index contributed by atoms with van der Waals surface area (Å²) in [6, 6.07) is 3.09. The number of thiazole rings is 1. The van der Waals surface area contributed by atoms with Crippen LogP contribution >= 0.6 is 62.1 Å². The van der Waals surface area contributed by atoms with Crippen LogP contribution in [0.25, 0.3) is 0 Å². The predicted molar refractivity (Wildman–Crippen MR) is 71.4 cm³/mol. The van der Waals surface area contributed by atoms with Gasteiger partial charge in [-0.1, -0.05) is 46.1 Å². The van der Waals surface area contributed by atoms with Gasteiger partial charge in [-0.25, -0.2) is 0 Å². The molecule has 2 aromatic rings. The normalized spacial score (nSPS) is 10.5. The molecule has 0 atom stereocenters. The van der Waals surface area contributed by atoms with Gasteiger partial charge in [-0.3, -0.25) is 0 Å². The third-order valence-electron chi connectivity index (χ3n) is 1.63. The molecule has 1 heterocycles. The van der Waals surface area contributed by atoms with E-state index in [0.29, 0.717) is 30.6 Å². The van der Waals surface area contributed by atoms with Crippen LogP contribution in [0.2, 0.25) is 15.1 Å². The molecule has 0 bridgehead atoms. The summed E-state index contributed by atoms with van der Waals surface area (Å²) >= 11 is 22.2. The van der Waals surface area contributed by atoms with E-state index in [9.17, 15) is 0 Å². The first-order valence-electron chi connectivity index (χ1n) is 3.99. The summed E-state index contributed by atoms with van der Waals surface area (Å²) in [6.45, 7) is 0. The van der Waals surface area contributed by atoms with Crippen molar-refractivity contribution in [2.75, 3.05) is 0 Å².